The normalized spacial score (nSPS) is 15.6. The fourth-order valence-corrected chi connectivity index (χ4v) is 2.64. The lowest BCUT2D eigenvalue weighted by Gasteiger charge is -2.24. The van der Waals surface area contributed by atoms with Gasteiger partial charge in [0.2, 0.25) is 5.91 Å². The number of anilines is 1. The molecule has 0 heterocycles. The summed E-state index contributed by atoms with van der Waals surface area (Å²) in [5, 5.41) is 6.24. The maximum absolute atomic E-state index is 11.6. The van der Waals surface area contributed by atoms with Crippen molar-refractivity contribution in [2.45, 2.75) is 39.3 Å². The zero-order valence-electron chi connectivity index (χ0n) is 13.6. The summed E-state index contributed by atoms with van der Waals surface area (Å²) < 4.78 is 0. The van der Waals surface area contributed by atoms with E-state index in [1.165, 1.54) is 29.7 Å². The van der Waals surface area contributed by atoms with E-state index in [2.05, 4.69) is 40.7 Å². The summed E-state index contributed by atoms with van der Waals surface area (Å²) in [5.74, 6) is 0.0698. The van der Waals surface area contributed by atoms with Crippen LogP contribution in [0, 0.1) is 12.8 Å². The van der Waals surface area contributed by atoms with Gasteiger partial charge in [-0.05, 0) is 37.0 Å². The third kappa shape index (κ3) is 4.46. The van der Waals surface area contributed by atoms with E-state index in [-0.39, 0.29) is 11.8 Å². The summed E-state index contributed by atoms with van der Waals surface area (Å²) in [7, 11) is 3.73. The van der Waals surface area contributed by atoms with Gasteiger partial charge in [0.15, 0.2) is 0 Å². The molecular weight excluding hydrogens is 262 g/mol. The monoisotopic (exact) mass is 289 g/mol. The largest absolute Gasteiger partial charge is 0.374 e. The molecule has 0 aromatic heterocycles. The van der Waals surface area contributed by atoms with E-state index in [4.69, 9.17) is 0 Å². The molecule has 1 unspecified atom stereocenters. The minimum absolute atomic E-state index is 0.0180. The van der Waals surface area contributed by atoms with Gasteiger partial charge in [-0.25, -0.2) is 0 Å². The van der Waals surface area contributed by atoms with Crippen molar-refractivity contribution in [3.8, 4) is 0 Å². The van der Waals surface area contributed by atoms with E-state index in [0.29, 0.717) is 0 Å². The van der Waals surface area contributed by atoms with Gasteiger partial charge in [0.25, 0.3) is 0 Å². The fraction of sp³-hybridized carbons (Fsp3) is 0.588. The van der Waals surface area contributed by atoms with E-state index < -0.39 is 0 Å². The van der Waals surface area contributed by atoms with Crippen LogP contribution in [0.4, 0.5) is 5.69 Å². The first-order valence-corrected chi connectivity index (χ1v) is 7.77. The van der Waals surface area contributed by atoms with Gasteiger partial charge in [-0.15, -0.1) is 0 Å². The Hall–Kier alpha value is -1.55. The Morgan fingerprint density at radius 2 is 2.14 bits per heavy atom. The lowest BCUT2D eigenvalue weighted by atomic mass is 10.1. The van der Waals surface area contributed by atoms with Gasteiger partial charge in [0, 0.05) is 38.9 Å². The highest BCUT2D eigenvalue weighted by Crippen LogP contribution is 2.23. The van der Waals surface area contributed by atoms with Crippen LogP contribution in [-0.2, 0) is 11.3 Å². The van der Waals surface area contributed by atoms with Crippen LogP contribution in [0.5, 0.6) is 0 Å². The molecule has 0 bridgehead atoms. The van der Waals surface area contributed by atoms with Gasteiger partial charge in [0.1, 0.15) is 0 Å². The van der Waals surface area contributed by atoms with Crippen LogP contribution in [0.15, 0.2) is 18.2 Å². The third-order valence-corrected chi connectivity index (χ3v) is 4.09. The van der Waals surface area contributed by atoms with Crippen molar-refractivity contribution in [3.63, 3.8) is 0 Å². The number of rotatable bonds is 7. The number of nitrogens with zero attached hydrogens (tertiary/aromatic N) is 1. The first-order valence-electron chi connectivity index (χ1n) is 7.77. The van der Waals surface area contributed by atoms with Crippen LogP contribution in [0.25, 0.3) is 0 Å². The molecule has 1 amide bonds. The molecule has 4 nitrogen and oxygen atoms in total. The Balaban J connectivity index is 1.96. The Kier molecular flexibility index (Phi) is 5.23. The molecule has 1 atom stereocenters. The van der Waals surface area contributed by atoms with Crippen molar-refractivity contribution < 1.29 is 4.79 Å². The summed E-state index contributed by atoms with van der Waals surface area (Å²) in [4.78, 5) is 13.8. The van der Waals surface area contributed by atoms with Crippen molar-refractivity contribution in [1.29, 1.82) is 0 Å². The van der Waals surface area contributed by atoms with Crippen LogP contribution in [0.3, 0.4) is 0 Å². The molecule has 2 rings (SSSR count). The van der Waals surface area contributed by atoms with E-state index in [1.807, 2.05) is 14.0 Å². The lowest BCUT2D eigenvalue weighted by Crippen LogP contribution is -2.34. The van der Waals surface area contributed by atoms with Gasteiger partial charge in [0.05, 0.1) is 5.92 Å². The number of hydrogen-bond acceptors (Lipinski definition) is 3. The summed E-state index contributed by atoms with van der Waals surface area (Å²) in [6.07, 6.45) is 2.63. The maximum atomic E-state index is 11.6. The molecule has 1 saturated carbocycles. The quantitative estimate of drug-likeness (QED) is 0.807. The highest BCUT2D eigenvalue weighted by molar-refractivity contribution is 5.78. The minimum atomic E-state index is -0.0180. The van der Waals surface area contributed by atoms with E-state index >= 15 is 0 Å². The van der Waals surface area contributed by atoms with Crippen LogP contribution in [0.2, 0.25) is 0 Å². The van der Waals surface area contributed by atoms with Crippen molar-refractivity contribution in [2.75, 3.05) is 25.5 Å². The third-order valence-electron chi connectivity index (χ3n) is 4.09. The van der Waals surface area contributed by atoms with E-state index in [1.54, 1.807) is 7.05 Å². The molecule has 0 radical (unpaired) electrons. The van der Waals surface area contributed by atoms with Crippen LogP contribution >= 0.6 is 0 Å². The number of carbonyl (C=O) groups excluding carboxylic acids is 1. The molecule has 0 aliphatic heterocycles. The molecule has 1 aliphatic carbocycles. The molecule has 4 heteroatoms. The second kappa shape index (κ2) is 6.94. The Morgan fingerprint density at radius 1 is 1.43 bits per heavy atom. The molecule has 1 fully saturated rings. The van der Waals surface area contributed by atoms with Crippen molar-refractivity contribution in [3.05, 3.63) is 29.3 Å². The Bertz CT molecular complexity index is 497. The molecule has 21 heavy (non-hydrogen) atoms. The first kappa shape index (κ1) is 15.8. The van der Waals surface area contributed by atoms with Crippen LogP contribution < -0.4 is 15.5 Å². The predicted octanol–water partition coefficient (Wildman–Crippen LogP) is 2.07. The van der Waals surface area contributed by atoms with Gasteiger partial charge in [-0.1, -0.05) is 19.1 Å². The molecule has 1 aliphatic rings. The smallest absolute Gasteiger partial charge is 0.224 e. The van der Waals surface area contributed by atoms with Gasteiger partial charge < -0.3 is 15.5 Å². The van der Waals surface area contributed by atoms with Crippen LogP contribution in [0.1, 0.15) is 30.9 Å². The second-order valence-electron chi connectivity index (χ2n) is 6.17. The number of nitrogens with one attached hydrogen (secondary N) is 2. The lowest BCUT2D eigenvalue weighted by molar-refractivity contribution is -0.123. The molecule has 0 saturated heterocycles. The second-order valence-corrected chi connectivity index (χ2v) is 6.17. The zero-order valence-corrected chi connectivity index (χ0v) is 13.6. The van der Waals surface area contributed by atoms with Crippen LogP contribution in [-0.4, -0.2) is 32.6 Å². The van der Waals surface area contributed by atoms with Gasteiger partial charge in [-0.3, -0.25) is 4.79 Å². The molecule has 0 spiro atoms. The average molecular weight is 289 g/mol. The first-order chi connectivity index (χ1) is 10.0. The number of carbonyl (C=O) groups is 1. The molecule has 116 valence electrons. The van der Waals surface area contributed by atoms with Gasteiger partial charge in [-0.2, -0.15) is 0 Å². The Labute approximate surface area is 127 Å². The minimum Gasteiger partial charge on any atom is -0.374 e. The highest BCUT2D eigenvalue weighted by Gasteiger charge is 2.20. The van der Waals surface area contributed by atoms with Crippen molar-refractivity contribution >= 4 is 11.6 Å². The maximum Gasteiger partial charge on any atom is 0.224 e. The SMILES string of the molecule is CNC(=O)C(C)CN(C)c1ccc(CNC2CC2)cc1C. The summed E-state index contributed by atoms with van der Waals surface area (Å²) >= 11 is 0. The molecule has 2 N–H and O–H groups in total. The standard InChI is InChI=1S/C17H27N3O/c1-12-9-14(10-19-15-6-7-15)5-8-16(12)20(4)11-13(2)17(21)18-3/h5,8-9,13,15,19H,6-7,10-11H2,1-4H3,(H,18,21). The summed E-state index contributed by atoms with van der Waals surface area (Å²) in [5.41, 5.74) is 3.79. The topological polar surface area (TPSA) is 44.4 Å². The summed E-state index contributed by atoms with van der Waals surface area (Å²) in [6, 6.07) is 7.32. The molecular formula is C17H27N3O. The van der Waals surface area contributed by atoms with Gasteiger partial charge >= 0.3 is 0 Å². The molecule has 1 aromatic rings. The zero-order chi connectivity index (χ0) is 15.4. The number of amides is 1. The highest BCUT2D eigenvalue weighted by atomic mass is 16.1. The predicted molar refractivity (Wildman–Crippen MR) is 87.5 cm³/mol. The van der Waals surface area contributed by atoms with Crippen molar-refractivity contribution in [2.24, 2.45) is 5.92 Å². The number of hydrogen-bond donors (Lipinski definition) is 2. The number of aryl methyl sites for hydroxylation is 1. The summed E-state index contributed by atoms with van der Waals surface area (Å²) in [6.45, 7) is 5.76. The van der Waals surface area contributed by atoms with E-state index in [0.717, 1.165) is 19.1 Å². The average Bonchev–Trinajstić information content (AvgIpc) is 3.28. The number of benzene rings is 1. The van der Waals surface area contributed by atoms with Crippen molar-refractivity contribution in [1.82, 2.24) is 10.6 Å². The van der Waals surface area contributed by atoms with E-state index in [9.17, 15) is 4.79 Å². The molecule has 1 aromatic carbocycles. The Morgan fingerprint density at radius 3 is 2.71 bits per heavy atom. The fourth-order valence-electron chi connectivity index (χ4n) is 2.64.